The van der Waals surface area contributed by atoms with Gasteiger partial charge in [-0.3, -0.25) is 4.79 Å². The van der Waals surface area contributed by atoms with Crippen molar-refractivity contribution in [3.05, 3.63) is 23.8 Å². The van der Waals surface area contributed by atoms with Gasteiger partial charge in [0.05, 0.1) is 0 Å². The van der Waals surface area contributed by atoms with Crippen molar-refractivity contribution in [3.63, 3.8) is 0 Å². The van der Waals surface area contributed by atoms with E-state index in [9.17, 15) is 4.79 Å². The van der Waals surface area contributed by atoms with Gasteiger partial charge in [0.25, 0.3) is 0 Å². The molecule has 0 radical (unpaired) electrons. The fourth-order valence-corrected chi connectivity index (χ4v) is 3.05. The summed E-state index contributed by atoms with van der Waals surface area (Å²) in [5.41, 5.74) is 9.15. The zero-order valence-electron chi connectivity index (χ0n) is 10.7. The van der Waals surface area contributed by atoms with Crippen molar-refractivity contribution in [1.82, 2.24) is 4.90 Å². The largest absolute Gasteiger partial charge is 0.399 e. The van der Waals surface area contributed by atoms with Gasteiger partial charge in [-0.25, -0.2) is 0 Å². The number of nitrogen functional groups attached to an aromatic ring is 1. The number of hydrogen-bond donors (Lipinski definition) is 1. The third kappa shape index (κ3) is 1.82. The van der Waals surface area contributed by atoms with Gasteiger partial charge < -0.3 is 15.5 Å². The zero-order valence-corrected chi connectivity index (χ0v) is 10.7. The first-order chi connectivity index (χ1) is 8.65. The van der Waals surface area contributed by atoms with Gasteiger partial charge in [-0.05, 0) is 31.0 Å². The topological polar surface area (TPSA) is 49.6 Å². The van der Waals surface area contributed by atoms with Gasteiger partial charge in [0.2, 0.25) is 5.91 Å². The number of hydrogen-bond acceptors (Lipinski definition) is 3. The van der Waals surface area contributed by atoms with Crippen LogP contribution in [-0.4, -0.2) is 36.5 Å². The van der Waals surface area contributed by atoms with Crippen LogP contribution in [-0.2, 0) is 4.79 Å². The molecule has 0 bridgehead atoms. The zero-order chi connectivity index (χ0) is 12.7. The SMILES string of the molecule is Cc1ccc(N)cc1N1CCN2C(=O)CCC2C1. The molecule has 1 amide bonds. The van der Waals surface area contributed by atoms with Crippen molar-refractivity contribution in [1.29, 1.82) is 0 Å². The summed E-state index contributed by atoms with van der Waals surface area (Å²) in [5.74, 6) is 0.323. The predicted octanol–water partition coefficient (Wildman–Crippen LogP) is 1.39. The lowest BCUT2D eigenvalue weighted by Gasteiger charge is -2.39. The molecule has 2 fully saturated rings. The van der Waals surface area contributed by atoms with Crippen LogP contribution in [0.2, 0.25) is 0 Å². The van der Waals surface area contributed by atoms with Crippen LogP contribution in [0.25, 0.3) is 0 Å². The molecule has 4 nitrogen and oxygen atoms in total. The minimum atomic E-state index is 0.323. The molecule has 2 saturated heterocycles. The summed E-state index contributed by atoms with van der Waals surface area (Å²) in [5, 5.41) is 0. The van der Waals surface area contributed by atoms with Gasteiger partial charge in [0, 0.05) is 43.5 Å². The predicted molar refractivity (Wildman–Crippen MR) is 72.5 cm³/mol. The van der Waals surface area contributed by atoms with Crippen LogP contribution in [0.15, 0.2) is 18.2 Å². The average Bonchev–Trinajstić information content (AvgIpc) is 2.74. The van der Waals surface area contributed by atoms with Crippen molar-refractivity contribution in [2.24, 2.45) is 0 Å². The summed E-state index contributed by atoms with van der Waals surface area (Å²) in [4.78, 5) is 16.1. The molecule has 2 aliphatic heterocycles. The Bertz CT molecular complexity index is 486. The second-order valence-electron chi connectivity index (χ2n) is 5.27. The van der Waals surface area contributed by atoms with Crippen LogP contribution in [0.1, 0.15) is 18.4 Å². The summed E-state index contributed by atoms with van der Waals surface area (Å²) in [7, 11) is 0. The highest BCUT2D eigenvalue weighted by Gasteiger charge is 2.35. The van der Waals surface area contributed by atoms with E-state index in [0.717, 1.165) is 31.7 Å². The quantitative estimate of drug-likeness (QED) is 0.761. The Kier molecular flexibility index (Phi) is 2.65. The van der Waals surface area contributed by atoms with E-state index in [1.54, 1.807) is 0 Å². The summed E-state index contributed by atoms with van der Waals surface area (Å²) < 4.78 is 0. The normalized spacial score (nSPS) is 23.4. The molecule has 0 spiro atoms. The van der Waals surface area contributed by atoms with Crippen molar-refractivity contribution < 1.29 is 4.79 Å². The number of nitrogens with zero attached hydrogens (tertiary/aromatic N) is 2. The van der Waals surface area contributed by atoms with Gasteiger partial charge >= 0.3 is 0 Å². The molecule has 1 unspecified atom stereocenters. The van der Waals surface area contributed by atoms with Gasteiger partial charge in [0.1, 0.15) is 0 Å². The van der Waals surface area contributed by atoms with Crippen LogP contribution >= 0.6 is 0 Å². The Hall–Kier alpha value is -1.71. The van der Waals surface area contributed by atoms with E-state index in [2.05, 4.69) is 17.9 Å². The molecular formula is C14H19N3O. The number of anilines is 2. The van der Waals surface area contributed by atoms with Gasteiger partial charge in [0.15, 0.2) is 0 Å². The lowest BCUT2D eigenvalue weighted by molar-refractivity contribution is -0.129. The lowest BCUT2D eigenvalue weighted by atomic mass is 10.1. The van der Waals surface area contributed by atoms with E-state index in [0.29, 0.717) is 18.4 Å². The Morgan fingerprint density at radius 3 is 3.00 bits per heavy atom. The van der Waals surface area contributed by atoms with Crippen molar-refractivity contribution in [2.45, 2.75) is 25.8 Å². The number of rotatable bonds is 1. The maximum absolute atomic E-state index is 11.7. The van der Waals surface area contributed by atoms with Crippen molar-refractivity contribution >= 4 is 17.3 Å². The molecule has 1 aromatic carbocycles. The third-order valence-electron chi connectivity index (χ3n) is 4.07. The molecule has 18 heavy (non-hydrogen) atoms. The first-order valence-corrected chi connectivity index (χ1v) is 6.55. The molecule has 2 aliphatic rings. The maximum atomic E-state index is 11.7. The number of fused-ring (bicyclic) bond motifs is 1. The molecule has 2 N–H and O–H groups in total. The van der Waals surface area contributed by atoms with Gasteiger partial charge in [-0.1, -0.05) is 6.07 Å². The van der Waals surface area contributed by atoms with Crippen molar-refractivity contribution in [3.8, 4) is 0 Å². The van der Waals surface area contributed by atoms with E-state index < -0.39 is 0 Å². The number of piperazine rings is 1. The molecule has 0 saturated carbocycles. The highest BCUT2D eigenvalue weighted by molar-refractivity contribution is 5.79. The number of amides is 1. The Labute approximate surface area is 107 Å². The lowest BCUT2D eigenvalue weighted by Crippen LogP contribution is -2.51. The monoisotopic (exact) mass is 245 g/mol. The van der Waals surface area contributed by atoms with E-state index in [1.165, 1.54) is 11.3 Å². The minimum Gasteiger partial charge on any atom is -0.399 e. The summed E-state index contributed by atoms with van der Waals surface area (Å²) in [6, 6.07) is 6.44. The Morgan fingerprint density at radius 1 is 1.33 bits per heavy atom. The standard InChI is InChI=1S/C14H19N3O/c1-10-2-3-11(15)8-13(10)16-6-7-17-12(9-16)4-5-14(17)18/h2-3,8,12H,4-7,9,15H2,1H3. The third-order valence-corrected chi connectivity index (χ3v) is 4.07. The fourth-order valence-electron chi connectivity index (χ4n) is 3.05. The first kappa shape index (κ1) is 11.4. The van der Waals surface area contributed by atoms with E-state index in [1.807, 2.05) is 17.0 Å². The van der Waals surface area contributed by atoms with E-state index in [-0.39, 0.29) is 0 Å². The van der Waals surface area contributed by atoms with Gasteiger partial charge in [-0.15, -0.1) is 0 Å². The fraction of sp³-hybridized carbons (Fsp3) is 0.500. The molecule has 0 aromatic heterocycles. The number of aryl methyl sites for hydroxylation is 1. The second kappa shape index (κ2) is 4.19. The average molecular weight is 245 g/mol. The van der Waals surface area contributed by atoms with Gasteiger partial charge in [-0.2, -0.15) is 0 Å². The number of nitrogens with two attached hydrogens (primary N) is 1. The van der Waals surface area contributed by atoms with Crippen LogP contribution in [0.3, 0.4) is 0 Å². The molecule has 1 aromatic rings. The molecule has 96 valence electrons. The Morgan fingerprint density at radius 2 is 2.17 bits per heavy atom. The minimum absolute atomic E-state index is 0.323. The van der Waals surface area contributed by atoms with Crippen LogP contribution < -0.4 is 10.6 Å². The van der Waals surface area contributed by atoms with Crippen LogP contribution in [0.5, 0.6) is 0 Å². The number of carbonyl (C=O) groups excluding carboxylic acids is 1. The number of benzene rings is 1. The summed E-state index contributed by atoms with van der Waals surface area (Å²) in [6.07, 6.45) is 1.71. The maximum Gasteiger partial charge on any atom is 0.223 e. The summed E-state index contributed by atoms with van der Waals surface area (Å²) >= 11 is 0. The van der Waals surface area contributed by atoms with Crippen molar-refractivity contribution in [2.75, 3.05) is 30.3 Å². The van der Waals surface area contributed by atoms with Crippen LogP contribution in [0, 0.1) is 6.92 Å². The highest BCUT2D eigenvalue weighted by atomic mass is 16.2. The second-order valence-corrected chi connectivity index (χ2v) is 5.27. The van der Waals surface area contributed by atoms with E-state index in [4.69, 9.17) is 5.73 Å². The Balaban J connectivity index is 1.82. The molecule has 3 rings (SSSR count). The summed E-state index contributed by atoms with van der Waals surface area (Å²) in [6.45, 7) is 4.81. The van der Waals surface area contributed by atoms with E-state index >= 15 is 0 Å². The van der Waals surface area contributed by atoms with Crippen LogP contribution in [0.4, 0.5) is 11.4 Å². The highest BCUT2D eigenvalue weighted by Crippen LogP contribution is 2.29. The molecular weight excluding hydrogens is 226 g/mol. The molecule has 1 atom stereocenters. The molecule has 2 heterocycles. The smallest absolute Gasteiger partial charge is 0.223 e. The first-order valence-electron chi connectivity index (χ1n) is 6.55. The molecule has 0 aliphatic carbocycles. The number of carbonyl (C=O) groups is 1. The molecule has 4 heteroatoms.